The maximum Gasteiger partial charge on any atom is 3.00 e. The number of ketones is 1. The Hall–Kier alpha value is -11.0. The van der Waals surface area contributed by atoms with Crippen molar-refractivity contribution in [2.45, 2.75) is 61.3 Å². The standard InChI is InChI=1S/3C18H11N2.C18H14N.C14H12.C11H20O2.3Ir/c3*1-2-7-14(8-3-1)18-19-12-15-11-10-13-6-4-5-9-16(13)17(15)20-18;1-14-12-18(16-10-6-3-7-11-16)19-13-17(14)15-8-4-2-5-9-15;1-11-8-9-14(10-12(11)2)13-6-4-3-5-7-13;1-8(2)5-10(12)7-11(13)6-9(3)4;;;/h3*1-7,9-12H;2-10,12-13H,1H3;3-6,8,10H,1-2H3;7-9,12H,5-6H2,1-4H3;;;/q4*-1;-2;;;;+3. The van der Waals surface area contributed by atoms with E-state index < -0.39 is 0 Å². The van der Waals surface area contributed by atoms with Gasteiger partial charge in [0.25, 0.3) is 0 Å². The van der Waals surface area contributed by atoms with Gasteiger partial charge in [0.05, 0.1) is 39.8 Å². The quantitative estimate of drug-likeness (QED) is 0.0583. The maximum absolute atomic E-state index is 11.2. The number of aliphatic hydroxyl groups is 1. The number of hydrogen-bond acceptors (Lipinski definition) is 9. The molecule has 17 aromatic rings. The van der Waals surface area contributed by atoms with Crippen molar-refractivity contribution in [3.63, 3.8) is 0 Å². The zero-order valence-electron chi connectivity index (χ0n) is 61.5. The van der Waals surface area contributed by atoms with Crippen LogP contribution in [0.3, 0.4) is 0 Å². The number of aromatic nitrogens is 7. The summed E-state index contributed by atoms with van der Waals surface area (Å²) in [7, 11) is 0. The summed E-state index contributed by atoms with van der Waals surface area (Å²) in [5, 5.41) is 19.6. The first-order valence-electron chi connectivity index (χ1n) is 35.5. The van der Waals surface area contributed by atoms with Gasteiger partial charge in [-0.3, -0.25) is 34.7 Å². The molecular weight excluding hydrogens is 1870 g/mol. The summed E-state index contributed by atoms with van der Waals surface area (Å²) in [5.74, 6) is 3.13. The normalized spacial score (nSPS) is 10.7. The topological polar surface area (TPSA) is 128 Å². The molecule has 4 heterocycles. The number of pyridine rings is 1. The van der Waals surface area contributed by atoms with E-state index in [1.807, 2.05) is 228 Å². The fourth-order valence-electron chi connectivity index (χ4n) is 12.0. The molecule has 9 nitrogen and oxygen atoms in total. The second-order valence-corrected chi connectivity index (χ2v) is 26.4. The Kier molecular flexibility index (Phi) is 30.7. The number of carbonyl (C=O) groups excluding carboxylic acids is 1. The van der Waals surface area contributed by atoms with Crippen LogP contribution in [0.2, 0.25) is 0 Å². The number of rotatable bonds is 11. The molecule has 0 saturated carbocycles. The van der Waals surface area contributed by atoms with E-state index in [2.05, 4.69) is 180 Å². The van der Waals surface area contributed by atoms with Gasteiger partial charge < -0.3 is 10.1 Å². The van der Waals surface area contributed by atoms with E-state index in [0.29, 0.717) is 24.7 Å². The molecule has 0 aliphatic heterocycles. The summed E-state index contributed by atoms with van der Waals surface area (Å²) in [4.78, 5) is 43.3. The Labute approximate surface area is 679 Å². The molecule has 0 spiro atoms. The molecule has 0 fully saturated rings. The van der Waals surface area contributed by atoms with Crippen LogP contribution in [0.15, 0.2) is 316 Å². The van der Waals surface area contributed by atoms with Gasteiger partial charge in [0, 0.05) is 122 Å². The van der Waals surface area contributed by atoms with Crippen LogP contribution >= 0.6 is 0 Å². The van der Waals surface area contributed by atoms with Crippen LogP contribution in [0.25, 0.3) is 133 Å². The summed E-state index contributed by atoms with van der Waals surface area (Å²) in [5.41, 5.74) is 16.2. The number of hydrogen-bond donors (Lipinski definition) is 1. The third-order valence-corrected chi connectivity index (χ3v) is 17.4. The molecule has 17 rings (SSSR count). The molecule has 4 aromatic heterocycles. The average molecular weight is 1950 g/mol. The number of allylic oxidation sites excluding steroid dienone is 2. The summed E-state index contributed by atoms with van der Waals surface area (Å²) in [6, 6.07) is 112. The van der Waals surface area contributed by atoms with Gasteiger partial charge in [0.2, 0.25) is 0 Å². The molecule has 13 aromatic carbocycles. The Morgan fingerprint density at radius 1 is 0.367 bits per heavy atom. The molecule has 0 aliphatic carbocycles. The van der Waals surface area contributed by atoms with Crippen molar-refractivity contribution in [3.05, 3.63) is 369 Å². The number of aryl methyl sites for hydroxylation is 3. The minimum Gasteiger partial charge on any atom is -0.512 e. The van der Waals surface area contributed by atoms with Crippen molar-refractivity contribution in [3.8, 4) is 67.7 Å². The van der Waals surface area contributed by atoms with Gasteiger partial charge in [-0.1, -0.05) is 187 Å². The molecule has 0 atom stereocenters. The predicted molar refractivity (Wildman–Crippen MR) is 436 cm³/mol. The van der Waals surface area contributed by atoms with Crippen molar-refractivity contribution in [1.29, 1.82) is 0 Å². The molecule has 0 saturated heterocycles. The van der Waals surface area contributed by atoms with Gasteiger partial charge >= 0.3 is 20.1 Å². The van der Waals surface area contributed by atoms with Crippen molar-refractivity contribution < 1.29 is 70.2 Å². The summed E-state index contributed by atoms with van der Waals surface area (Å²) in [6.07, 6.45) is 10.0. The zero-order valence-corrected chi connectivity index (χ0v) is 68.7. The summed E-state index contributed by atoms with van der Waals surface area (Å²) < 4.78 is 0. The molecule has 544 valence electrons. The number of aliphatic hydroxyl groups excluding tert-OH is 1. The summed E-state index contributed by atoms with van der Waals surface area (Å²) in [6.45, 7) is 14.3. The third-order valence-electron chi connectivity index (χ3n) is 17.4. The van der Waals surface area contributed by atoms with E-state index in [1.54, 1.807) is 0 Å². The van der Waals surface area contributed by atoms with E-state index in [1.165, 1.54) is 50.1 Å². The van der Waals surface area contributed by atoms with Gasteiger partial charge in [0.15, 0.2) is 5.78 Å². The van der Waals surface area contributed by atoms with E-state index in [-0.39, 0.29) is 71.9 Å². The number of benzene rings is 13. The molecule has 0 bridgehead atoms. The van der Waals surface area contributed by atoms with Crippen molar-refractivity contribution in [1.82, 2.24) is 34.9 Å². The number of fused-ring (bicyclic) bond motifs is 9. The maximum atomic E-state index is 11.2. The molecule has 0 amide bonds. The Morgan fingerprint density at radius 2 is 0.734 bits per heavy atom. The first-order valence-corrected chi connectivity index (χ1v) is 35.5. The largest absolute Gasteiger partial charge is 3.00 e. The Balaban J connectivity index is 0.000000151. The van der Waals surface area contributed by atoms with Crippen molar-refractivity contribution in [2.24, 2.45) is 11.8 Å². The van der Waals surface area contributed by atoms with Crippen LogP contribution in [0.4, 0.5) is 0 Å². The second-order valence-electron chi connectivity index (χ2n) is 26.4. The van der Waals surface area contributed by atoms with Crippen LogP contribution in [0.5, 0.6) is 0 Å². The van der Waals surface area contributed by atoms with Crippen LogP contribution in [-0.4, -0.2) is 45.8 Å². The smallest absolute Gasteiger partial charge is 0.512 e. The SMILES string of the molecule is CC(C)CC(=O)C=C(O)CC(C)C.Cc1c[c-]c(-c2[c-]cccc2)cc1C.Cc1cc(-c2[c-]cccc2)ncc1-c1ccccc1.[Ir+3].[Ir].[Ir].[c-]1ccccc1-c1ncc2ccc3ccccc3c2n1.[c-]1ccccc1-c1ncc2ccc3ccccc3c2n1.[c-]1ccccc1-c1ncc2ccc3ccccc3c2n1. The van der Waals surface area contributed by atoms with Crippen molar-refractivity contribution in [2.75, 3.05) is 0 Å². The van der Waals surface area contributed by atoms with Gasteiger partial charge in [-0.25, -0.2) is 11.1 Å². The van der Waals surface area contributed by atoms with E-state index in [9.17, 15) is 9.90 Å². The fourth-order valence-corrected chi connectivity index (χ4v) is 12.0. The molecule has 2 radical (unpaired) electrons. The Morgan fingerprint density at radius 3 is 1.11 bits per heavy atom. The average Bonchev–Trinajstić information content (AvgIpc) is 0.793. The van der Waals surface area contributed by atoms with Crippen LogP contribution < -0.4 is 0 Å². The molecule has 0 unspecified atom stereocenters. The minimum atomic E-state index is 0. The number of nitrogens with zero attached hydrogens (tertiary/aromatic N) is 7. The van der Waals surface area contributed by atoms with Gasteiger partial charge in [-0.2, -0.15) is 42.5 Å². The first kappa shape index (κ1) is 82.0. The van der Waals surface area contributed by atoms with Crippen LogP contribution in [0, 0.1) is 69.0 Å². The van der Waals surface area contributed by atoms with Crippen molar-refractivity contribution >= 4 is 70.8 Å². The van der Waals surface area contributed by atoms with E-state index in [0.717, 1.165) is 105 Å². The minimum absolute atomic E-state index is 0. The first-order chi connectivity index (χ1) is 51.8. The molecule has 1 N–H and O–H groups in total. The summed E-state index contributed by atoms with van der Waals surface area (Å²) >= 11 is 0. The third kappa shape index (κ3) is 22.3. The Bertz CT molecular complexity index is 5430. The van der Waals surface area contributed by atoms with E-state index in [4.69, 9.17) is 15.0 Å². The monoisotopic (exact) mass is 1950 g/mol. The second kappa shape index (κ2) is 40.8. The van der Waals surface area contributed by atoms with Gasteiger partial charge in [-0.05, 0) is 51.7 Å². The van der Waals surface area contributed by atoms with E-state index >= 15 is 0 Å². The van der Waals surface area contributed by atoms with Gasteiger partial charge in [-0.15, -0.1) is 161 Å². The predicted octanol–water partition coefficient (Wildman–Crippen LogP) is 23.9. The van der Waals surface area contributed by atoms with Crippen LogP contribution in [-0.2, 0) is 65.1 Å². The van der Waals surface area contributed by atoms with Gasteiger partial charge in [0.1, 0.15) is 0 Å². The van der Waals surface area contributed by atoms with Crippen LogP contribution in [0.1, 0.15) is 57.2 Å². The molecular formula is C97H79Ir3N7O2-3. The molecule has 109 heavy (non-hydrogen) atoms. The number of carbonyl (C=O) groups is 1. The zero-order chi connectivity index (χ0) is 73.6. The molecule has 12 heteroatoms. The fraction of sp³-hybridized carbons (Fsp3) is 0.113. The molecule has 0 aliphatic rings.